The van der Waals surface area contributed by atoms with Crippen LogP contribution in [-0.4, -0.2) is 54.1 Å². The average Bonchev–Trinajstić information content (AvgIpc) is 3.52. The summed E-state index contributed by atoms with van der Waals surface area (Å²) in [4.78, 5) is 40.6. The van der Waals surface area contributed by atoms with Gasteiger partial charge >= 0.3 is 17.9 Å². The number of aromatic nitrogens is 1. The molecule has 202 valence electrons. The van der Waals surface area contributed by atoms with Crippen molar-refractivity contribution in [2.24, 2.45) is 0 Å². The van der Waals surface area contributed by atoms with Crippen molar-refractivity contribution in [3.8, 4) is 33.6 Å². The first-order chi connectivity index (χ1) is 18.7. The van der Waals surface area contributed by atoms with Crippen LogP contribution in [-0.2, 0) is 33.3 Å². The van der Waals surface area contributed by atoms with Gasteiger partial charge in [0.25, 0.3) is 0 Å². The highest BCUT2D eigenvalue weighted by Gasteiger charge is 2.51. The molecule has 0 N–H and O–H groups in total. The number of carbonyl (C=O) groups is 3. The van der Waals surface area contributed by atoms with E-state index in [0.29, 0.717) is 21.8 Å². The van der Waals surface area contributed by atoms with E-state index in [1.54, 1.807) is 30.3 Å². The molecule has 1 fully saturated rings. The molecule has 0 amide bonds. The second-order valence-electron chi connectivity index (χ2n) is 8.44. The van der Waals surface area contributed by atoms with Crippen molar-refractivity contribution < 1.29 is 38.1 Å². The highest BCUT2D eigenvalue weighted by atomic mass is 35.5. The normalized spacial score (nSPS) is 20.1. The Kier molecular flexibility index (Phi) is 8.81. The van der Waals surface area contributed by atoms with Gasteiger partial charge in [0.05, 0.1) is 10.6 Å². The van der Waals surface area contributed by atoms with Crippen LogP contribution in [0.5, 0.6) is 5.88 Å². The van der Waals surface area contributed by atoms with Gasteiger partial charge in [-0.2, -0.15) is 5.26 Å². The lowest BCUT2D eigenvalue weighted by Gasteiger charge is -2.23. The SMILES string of the molecule is CC(=O)OC[C@H]1O[C@@H](Oc2nc(-c3cccs3)cc(-c3ccc(Cl)cc3)c2C#N)[C@H](OC(C)=O)[C@H]1OC(C)=O. The van der Waals surface area contributed by atoms with E-state index in [1.807, 2.05) is 17.5 Å². The third-order valence-corrected chi connectivity index (χ3v) is 6.72. The molecule has 39 heavy (non-hydrogen) atoms. The maximum atomic E-state index is 12.0. The summed E-state index contributed by atoms with van der Waals surface area (Å²) in [5, 5.41) is 12.6. The second-order valence-corrected chi connectivity index (χ2v) is 9.83. The molecule has 0 unspecified atom stereocenters. The first-order valence-corrected chi connectivity index (χ1v) is 13.0. The Bertz CT molecular complexity index is 1400. The number of hydrogen-bond acceptors (Lipinski definition) is 11. The molecule has 1 aliphatic heterocycles. The summed E-state index contributed by atoms with van der Waals surface area (Å²) in [6, 6.07) is 14.6. The van der Waals surface area contributed by atoms with Gasteiger partial charge in [0.2, 0.25) is 18.3 Å². The largest absolute Gasteiger partial charge is 0.463 e. The molecule has 2 aromatic heterocycles. The summed E-state index contributed by atoms with van der Waals surface area (Å²) < 4.78 is 27.9. The molecule has 0 saturated carbocycles. The van der Waals surface area contributed by atoms with Crippen LogP contribution in [0.3, 0.4) is 0 Å². The van der Waals surface area contributed by atoms with E-state index in [-0.39, 0.29) is 18.1 Å². The van der Waals surface area contributed by atoms with Crippen molar-refractivity contribution in [3.63, 3.8) is 0 Å². The number of ether oxygens (including phenoxy) is 5. The summed E-state index contributed by atoms with van der Waals surface area (Å²) in [5.41, 5.74) is 1.84. The maximum absolute atomic E-state index is 12.0. The van der Waals surface area contributed by atoms with Crippen LogP contribution in [0.4, 0.5) is 0 Å². The Labute approximate surface area is 233 Å². The van der Waals surface area contributed by atoms with E-state index in [0.717, 1.165) is 4.88 Å². The monoisotopic (exact) mass is 570 g/mol. The first kappa shape index (κ1) is 28.0. The van der Waals surface area contributed by atoms with Crippen molar-refractivity contribution in [1.82, 2.24) is 4.98 Å². The van der Waals surface area contributed by atoms with Crippen LogP contribution in [0.25, 0.3) is 21.7 Å². The Morgan fingerprint density at radius 3 is 2.33 bits per heavy atom. The zero-order chi connectivity index (χ0) is 28.1. The Hall–Kier alpha value is -3.98. The summed E-state index contributed by atoms with van der Waals surface area (Å²) in [5.74, 6) is -2.04. The van der Waals surface area contributed by atoms with E-state index in [1.165, 1.54) is 32.1 Å². The number of carbonyl (C=O) groups excluding carboxylic acids is 3. The molecule has 0 bridgehead atoms. The van der Waals surface area contributed by atoms with Gasteiger partial charge in [0.1, 0.15) is 24.3 Å². The predicted octanol–water partition coefficient (Wildman–Crippen LogP) is 4.53. The van der Waals surface area contributed by atoms with Crippen LogP contribution < -0.4 is 4.74 Å². The molecule has 0 aliphatic carbocycles. The highest BCUT2D eigenvalue weighted by molar-refractivity contribution is 7.13. The quantitative estimate of drug-likeness (QED) is 0.281. The fourth-order valence-electron chi connectivity index (χ4n) is 4.00. The Balaban J connectivity index is 1.79. The lowest BCUT2D eigenvalue weighted by molar-refractivity contribution is -0.171. The van der Waals surface area contributed by atoms with Gasteiger partial charge in [-0.25, -0.2) is 4.98 Å². The number of rotatable bonds is 8. The number of halogens is 1. The molecule has 1 aromatic carbocycles. The van der Waals surface area contributed by atoms with E-state index in [9.17, 15) is 19.6 Å². The Morgan fingerprint density at radius 2 is 1.74 bits per heavy atom. The molecule has 3 aromatic rings. The summed E-state index contributed by atoms with van der Waals surface area (Å²) in [7, 11) is 0. The van der Waals surface area contributed by atoms with Gasteiger partial charge in [-0.15, -0.1) is 11.3 Å². The first-order valence-electron chi connectivity index (χ1n) is 11.7. The van der Waals surface area contributed by atoms with Gasteiger partial charge in [0.15, 0.2) is 6.10 Å². The van der Waals surface area contributed by atoms with Crippen LogP contribution in [0, 0.1) is 11.3 Å². The molecule has 0 spiro atoms. The van der Waals surface area contributed by atoms with E-state index in [4.69, 9.17) is 35.3 Å². The Morgan fingerprint density at radius 1 is 1.05 bits per heavy atom. The van der Waals surface area contributed by atoms with Gasteiger partial charge < -0.3 is 23.7 Å². The van der Waals surface area contributed by atoms with Crippen LogP contribution in [0.15, 0.2) is 47.8 Å². The number of nitrogens with zero attached hydrogens (tertiary/aromatic N) is 2. The lowest BCUT2D eigenvalue weighted by Crippen LogP contribution is -2.42. The van der Waals surface area contributed by atoms with Crippen molar-refractivity contribution >= 4 is 40.8 Å². The third kappa shape index (κ3) is 6.72. The minimum absolute atomic E-state index is 0.0924. The number of nitriles is 1. The zero-order valence-electron chi connectivity index (χ0n) is 21.1. The predicted molar refractivity (Wildman–Crippen MR) is 140 cm³/mol. The van der Waals surface area contributed by atoms with Gasteiger partial charge in [-0.3, -0.25) is 14.4 Å². The topological polar surface area (TPSA) is 134 Å². The summed E-state index contributed by atoms with van der Waals surface area (Å²) in [6.07, 6.45) is -4.77. The lowest BCUT2D eigenvalue weighted by atomic mass is 10.0. The number of esters is 3. The summed E-state index contributed by atoms with van der Waals surface area (Å²) >= 11 is 7.51. The highest BCUT2D eigenvalue weighted by Crippen LogP contribution is 2.37. The smallest absolute Gasteiger partial charge is 0.303 e. The molecule has 12 heteroatoms. The molecule has 10 nitrogen and oxygen atoms in total. The van der Waals surface area contributed by atoms with Crippen molar-refractivity contribution in [2.45, 2.75) is 45.4 Å². The zero-order valence-corrected chi connectivity index (χ0v) is 22.7. The van der Waals surface area contributed by atoms with Gasteiger partial charge in [0, 0.05) is 31.4 Å². The molecular weight excluding hydrogens is 548 g/mol. The molecule has 1 saturated heterocycles. The number of thiophene rings is 1. The van der Waals surface area contributed by atoms with E-state index in [2.05, 4.69) is 11.1 Å². The number of hydrogen-bond donors (Lipinski definition) is 0. The van der Waals surface area contributed by atoms with Gasteiger partial charge in [-0.1, -0.05) is 29.8 Å². The number of benzene rings is 1. The van der Waals surface area contributed by atoms with E-state index >= 15 is 0 Å². The molecular formula is C27H23ClN2O8S. The minimum atomic E-state index is -1.35. The van der Waals surface area contributed by atoms with Crippen LogP contribution in [0.2, 0.25) is 5.02 Å². The van der Waals surface area contributed by atoms with Crippen molar-refractivity contribution in [2.75, 3.05) is 6.61 Å². The molecule has 3 heterocycles. The standard InChI is InChI=1S/C27H23ClN2O8S/c1-14(31)34-13-22-24(35-15(2)32)25(36-16(3)33)27(37-22)38-26-20(12-29)19(17-6-8-18(28)9-7-17)11-21(30-26)23-5-4-10-39-23/h4-11,22,24-25,27H,13H2,1-3H3/t22-,24+,25-,27+/m1/s1. The van der Waals surface area contributed by atoms with Crippen LogP contribution >= 0.6 is 22.9 Å². The summed E-state index contributed by atoms with van der Waals surface area (Å²) in [6.45, 7) is 3.27. The fraction of sp³-hybridized carbons (Fsp3) is 0.296. The molecule has 4 rings (SSSR count). The van der Waals surface area contributed by atoms with Crippen LogP contribution in [0.1, 0.15) is 26.3 Å². The number of pyridine rings is 1. The molecule has 1 aliphatic rings. The second kappa shape index (κ2) is 12.3. The maximum Gasteiger partial charge on any atom is 0.303 e. The fourth-order valence-corrected chi connectivity index (χ4v) is 4.82. The minimum Gasteiger partial charge on any atom is -0.463 e. The van der Waals surface area contributed by atoms with E-state index < -0.39 is 42.5 Å². The average molecular weight is 571 g/mol. The molecule has 4 atom stereocenters. The van der Waals surface area contributed by atoms with Gasteiger partial charge in [-0.05, 0) is 35.2 Å². The van der Waals surface area contributed by atoms with Crippen molar-refractivity contribution in [3.05, 3.63) is 58.4 Å². The third-order valence-electron chi connectivity index (χ3n) is 5.58. The van der Waals surface area contributed by atoms with Crippen molar-refractivity contribution in [1.29, 1.82) is 5.26 Å². The molecule has 0 radical (unpaired) electrons.